The summed E-state index contributed by atoms with van der Waals surface area (Å²) in [6.07, 6.45) is 1.28. The molecule has 0 spiro atoms. The Labute approximate surface area is 136 Å². The number of urea groups is 1. The Morgan fingerprint density at radius 2 is 1.71 bits per heavy atom. The van der Waals surface area contributed by atoms with E-state index >= 15 is 0 Å². The molecular weight excluding hydrogens is 406 g/mol. The molecule has 8 heteroatoms. The molecule has 0 aliphatic carbocycles. The van der Waals surface area contributed by atoms with Gasteiger partial charge in [0.05, 0.1) is 17.6 Å². The maximum atomic E-state index is 11.9. The number of carbonyl (C=O) groups excluding carboxylic acids is 1. The number of pyridine rings is 1. The summed E-state index contributed by atoms with van der Waals surface area (Å²) >= 11 is 6.67. The van der Waals surface area contributed by atoms with Gasteiger partial charge in [0.1, 0.15) is 5.69 Å². The van der Waals surface area contributed by atoms with E-state index in [4.69, 9.17) is 5.11 Å². The fourth-order valence-corrected chi connectivity index (χ4v) is 2.68. The number of hydrogen-bond acceptors (Lipinski definition) is 3. The SMILES string of the molecule is O=C(Nc1ccc(C(=O)O)nc1)Nc1c(Br)cccc1Br. The third-order valence-corrected chi connectivity index (χ3v) is 3.76. The normalized spacial score (nSPS) is 10.0. The predicted molar refractivity (Wildman–Crippen MR) is 85.7 cm³/mol. The monoisotopic (exact) mass is 413 g/mol. The molecule has 2 amide bonds. The maximum Gasteiger partial charge on any atom is 0.354 e. The van der Waals surface area contributed by atoms with Gasteiger partial charge in [-0.2, -0.15) is 0 Å². The standard InChI is InChI=1S/C13H9Br2N3O3/c14-8-2-1-3-9(15)11(8)18-13(21)17-7-4-5-10(12(19)20)16-6-7/h1-6H,(H,19,20)(H2,17,18,21). The number of nitrogens with one attached hydrogen (secondary N) is 2. The molecule has 0 unspecified atom stereocenters. The van der Waals surface area contributed by atoms with Gasteiger partial charge in [0, 0.05) is 8.95 Å². The van der Waals surface area contributed by atoms with Crippen LogP contribution in [0.5, 0.6) is 0 Å². The quantitative estimate of drug-likeness (QED) is 0.709. The van der Waals surface area contributed by atoms with E-state index in [1.165, 1.54) is 18.3 Å². The number of nitrogens with zero attached hydrogens (tertiary/aromatic N) is 1. The van der Waals surface area contributed by atoms with Crippen LogP contribution in [0.4, 0.5) is 16.2 Å². The molecule has 1 aromatic carbocycles. The lowest BCUT2D eigenvalue weighted by Gasteiger charge is -2.10. The summed E-state index contributed by atoms with van der Waals surface area (Å²) in [6, 6.07) is 7.73. The van der Waals surface area contributed by atoms with Gasteiger partial charge in [-0.1, -0.05) is 6.07 Å². The van der Waals surface area contributed by atoms with Crippen molar-refractivity contribution in [3.8, 4) is 0 Å². The van der Waals surface area contributed by atoms with Crippen LogP contribution in [0.15, 0.2) is 45.5 Å². The van der Waals surface area contributed by atoms with Crippen molar-refractivity contribution >= 4 is 55.2 Å². The van der Waals surface area contributed by atoms with Crippen LogP contribution in [-0.4, -0.2) is 22.1 Å². The average molecular weight is 415 g/mol. The topological polar surface area (TPSA) is 91.3 Å². The molecule has 0 aliphatic rings. The van der Waals surface area contributed by atoms with Gasteiger partial charge in [0.15, 0.2) is 0 Å². The van der Waals surface area contributed by atoms with Gasteiger partial charge in [0.2, 0.25) is 0 Å². The molecular formula is C13H9Br2N3O3. The summed E-state index contributed by atoms with van der Waals surface area (Å²) < 4.78 is 1.46. The van der Waals surface area contributed by atoms with E-state index < -0.39 is 12.0 Å². The van der Waals surface area contributed by atoms with Crippen molar-refractivity contribution in [2.75, 3.05) is 10.6 Å². The molecule has 1 aromatic heterocycles. The number of aromatic nitrogens is 1. The molecule has 0 bridgehead atoms. The highest BCUT2D eigenvalue weighted by molar-refractivity contribution is 9.11. The number of hydrogen-bond donors (Lipinski definition) is 3. The number of halogens is 2. The Balaban J connectivity index is 2.06. The maximum absolute atomic E-state index is 11.9. The van der Waals surface area contributed by atoms with Crippen LogP contribution in [0.2, 0.25) is 0 Å². The van der Waals surface area contributed by atoms with Crippen LogP contribution < -0.4 is 10.6 Å². The minimum atomic E-state index is -1.12. The Morgan fingerprint density at radius 1 is 1.05 bits per heavy atom. The summed E-state index contributed by atoms with van der Waals surface area (Å²) in [5, 5.41) is 14.0. The zero-order valence-electron chi connectivity index (χ0n) is 10.4. The Kier molecular flexibility index (Phi) is 4.92. The number of para-hydroxylation sites is 1. The molecule has 108 valence electrons. The molecule has 0 atom stereocenters. The van der Waals surface area contributed by atoms with Crippen molar-refractivity contribution in [3.05, 3.63) is 51.2 Å². The molecule has 3 N–H and O–H groups in total. The fourth-order valence-electron chi connectivity index (χ4n) is 1.49. The number of carbonyl (C=O) groups is 2. The molecule has 21 heavy (non-hydrogen) atoms. The first-order valence-electron chi connectivity index (χ1n) is 5.69. The molecule has 1 heterocycles. The van der Waals surface area contributed by atoms with E-state index in [9.17, 15) is 9.59 Å². The second-order valence-corrected chi connectivity index (χ2v) is 5.62. The average Bonchev–Trinajstić information content (AvgIpc) is 2.43. The lowest BCUT2D eigenvalue weighted by atomic mass is 10.3. The number of anilines is 2. The van der Waals surface area contributed by atoms with Gasteiger partial charge in [0.25, 0.3) is 0 Å². The molecule has 0 radical (unpaired) electrons. The van der Waals surface area contributed by atoms with E-state index in [1.807, 2.05) is 6.07 Å². The van der Waals surface area contributed by atoms with Crippen molar-refractivity contribution in [1.29, 1.82) is 0 Å². The summed E-state index contributed by atoms with van der Waals surface area (Å²) in [6.45, 7) is 0. The van der Waals surface area contributed by atoms with Crippen LogP contribution in [0, 0.1) is 0 Å². The van der Waals surface area contributed by atoms with Crippen molar-refractivity contribution in [3.63, 3.8) is 0 Å². The molecule has 2 aromatic rings. The zero-order valence-corrected chi connectivity index (χ0v) is 13.6. The van der Waals surface area contributed by atoms with Gasteiger partial charge < -0.3 is 15.7 Å². The van der Waals surface area contributed by atoms with Crippen molar-refractivity contribution < 1.29 is 14.7 Å². The van der Waals surface area contributed by atoms with Gasteiger partial charge in [-0.25, -0.2) is 14.6 Å². The number of aromatic carboxylic acids is 1. The second kappa shape index (κ2) is 6.68. The number of carboxylic acid groups (broad SMARTS) is 1. The number of benzene rings is 1. The van der Waals surface area contributed by atoms with Crippen molar-refractivity contribution in [2.45, 2.75) is 0 Å². The first kappa shape index (κ1) is 15.5. The van der Waals surface area contributed by atoms with Crippen molar-refractivity contribution in [1.82, 2.24) is 4.98 Å². The summed E-state index contributed by atoms with van der Waals surface area (Å²) in [5.74, 6) is -1.12. The Morgan fingerprint density at radius 3 is 2.24 bits per heavy atom. The zero-order chi connectivity index (χ0) is 15.4. The third kappa shape index (κ3) is 4.02. The number of rotatable bonds is 3. The number of amides is 2. The first-order valence-corrected chi connectivity index (χ1v) is 7.27. The highest BCUT2D eigenvalue weighted by atomic mass is 79.9. The Bertz CT molecular complexity index is 669. The van der Waals surface area contributed by atoms with Gasteiger partial charge >= 0.3 is 12.0 Å². The highest BCUT2D eigenvalue weighted by Crippen LogP contribution is 2.30. The van der Waals surface area contributed by atoms with Gasteiger partial charge in [-0.15, -0.1) is 0 Å². The highest BCUT2D eigenvalue weighted by Gasteiger charge is 2.10. The minimum absolute atomic E-state index is 0.0884. The third-order valence-electron chi connectivity index (χ3n) is 2.44. The summed E-state index contributed by atoms with van der Waals surface area (Å²) in [7, 11) is 0. The van der Waals surface area contributed by atoms with Crippen LogP contribution >= 0.6 is 31.9 Å². The molecule has 0 saturated heterocycles. The van der Waals surface area contributed by atoms with Crippen LogP contribution in [0.1, 0.15) is 10.5 Å². The van der Waals surface area contributed by atoms with E-state index in [0.717, 1.165) is 8.95 Å². The lowest BCUT2D eigenvalue weighted by Crippen LogP contribution is -2.20. The van der Waals surface area contributed by atoms with Crippen molar-refractivity contribution in [2.24, 2.45) is 0 Å². The predicted octanol–water partition coefficient (Wildman–Crippen LogP) is 3.95. The smallest absolute Gasteiger partial charge is 0.354 e. The fraction of sp³-hybridized carbons (Fsp3) is 0. The second-order valence-electron chi connectivity index (χ2n) is 3.91. The van der Waals surface area contributed by atoms with Gasteiger partial charge in [-0.05, 0) is 56.1 Å². The van der Waals surface area contributed by atoms with Crippen LogP contribution in [-0.2, 0) is 0 Å². The van der Waals surface area contributed by atoms with Gasteiger partial charge in [-0.3, -0.25) is 0 Å². The molecule has 0 aliphatic heterocycles. The van der Waals surface area contributed by atoms with E-state index in [1.54, 1.807) is 12.1 Å². The molecule has 2 rings (SSSR count). The lowest BCUT2D eigenvalue weighted by molar-refractivity contribution is 0.0690. The van der Waals surface area contributed by atoms with Crippen LogP contribution in [0.3, 0.4) is 0 Å². The summed E-state index contributed by atoms with van der Waals surface area (Å²) in [5.41, 5.74) is 0.889. The van der Waals surface area contributed by atoms with E-state index in [2.05, 4.69) is 47.5 Å². The molecule has 0 saturated carbocycles. The minimum Gasteiger partial charge on any atom is -0.477 e. The summed E-state index contributed by atoms with van der Waals surface area (Å²) in [4.78, 5) is 26.3. The first-order chi connectivity index (χ1) is 9.97. The largest absolute Gasteiger partial charge is 0.477 e. The van der Waals surface area contributed by atoms with E-state index in [0.29, 0.717) is 11.4 Å². The Hall–Kier alpha value is -1.93. The molecule has 0 fully saturated rings. The van der Waals surface area contributed by atoms with E-state index in [-0.39, 0.29) is 5.69 Å². The van der Waals surface area contributed by atoms with Crippen LogP contribution in [0.25, 0.3) is 0 Å². The molecule has 6 nitrogen and oxygen atoms in total. The number of carboxylic acids is 1.